The first-order valence-corrected chi connectivity index (χ1v) is 13.9. The highest BCUT2D eigenvalue weighted by molar-refractivity contribution is 8.35. The SMILES string of the molecule is CCCCS(C)(C)C1=C/CC#CC(S(C)(C)CCC)C/C=C\1. The van der Waals surface area contributed by atoms with Gasteiger partial charge in [0.15, 0.2) is 0 Å². The molecule has 0 saturated carbocycles. The maximum Gasteiger partial charge on any atom is 0.0535 e. The van der Waals surface area contributed by atoms with Crippen LogP contribution in [0.1, 0.15) is 46.0 Å². The Labute approximate surface area is 142 Å². The molecule has 1 aliphatic rings. The standard InChI is InChI=1S/C20H36S2/c1-7-9-18-22(5,6)20-14-11-10-13-19(15-12-16-20)21(3,4)17-8-2/h12,14,16,19H,7-9,11,15,17-18H2,1-6H3/b16-12-,20-14+. The van der Waals surface area contributed by atoms with Crippen LogP contribution < -0.4 is 0 Å². The van der Waals surface area contributed by atoms with Gasteiger partial charge in [0.2, 0.25) is 0 Å². The number of allylic oxidation sites excluding steroid dienone is 3. The first kappa shape index (κ1) is 19.8. The molecule has 22 heavy (non-hydrogen) atoms. The first-order valence-electron chi connectivity index (χ1n) is 8.59. The van der Waals surface area contributed by atoms with Gasteiger partial charge in [-0.05, 0) is 60.7 Å². The van der Waals surface area contributed by atoms with E-state index in [9.17, 15) is 0 Å². The lowest BCUT2D eigenvalue weighted by Gasteiger charge is -2.36. The molecule has 0 fully saturated rings. The normalized spacial score (nSPS) is 24.8. The van der Waals surface area contributed by atoms with Crippen molar-refractivity contribution in [2.24, 2.45) is 0 Å². The third-order valence-corrected chi connectivity index (χ3v) is 10.6. The van der Waals surface area contributed by atoms with Gasteiger partial charge in [-0.3, -0.25) is 0 Å². The molecule has 0 radical (unpaired) electrons. The van der Waals surface area contributed by atoms with Gasteiger partial charge in [0.05, 0.1) is 5.25 Å². The highest BCUT2D eigenvalue weighted by Gasteiger charge is 2.22. The predicted molar refractivity (Wildman–Crippen MR) is 112 cm³/mol. The molecular formula is C20H36S2. The Morgan fingerprint density at radius 2 is 1.82 bits per heavy atom. The Balaban J connectivity index is 2.85. The molecule has 0 aromatic heterocycles. The molecule has 1 atom stereocenters. The van der Waals surface area contributed by atoms with Crippen LogP contribution in [0.3, 0.4) is 0 Å². The fourth-order valence-corrected chi connectivity index (χ4v) is 7.50. The monoisotopic (exact) mass is 340 g/mol. The van der Waals surface area contributed by atoms with Crippen molar-refractivity contribution in [1.82, 2.24) is 0 Å². The molecule has 1 unspecified atom stereocenters. The van der Waals surface area contributed by atoms with Crippen molar-refractivity contribution in [2.75, 3.05) is 36.5 Å². The van der Waals surface area contributed by atoms with Crippen LogP contribution in [0.2, 0.25) is 0 Å². The predicted octanol–water partition coefficient (Wildman–Crippen LogP) is 5.93. The fraction of sp³-hybridized carbons (Fsp3) is 0.700. The Morgan fingerprint density at radius 3 is 2.45 bits per heavy atom. The van der Waals surface area contributed by atoms with E-state index in [-0.39, 0.29) is 0 Å². The van der Waals surface area contributed by atoms with E-state index in [2.05, 4.69) is 68.9 Å². The Morgan fingerprint density at radius 1 is 1.09 bits per heavy atom. The summed E-state index contributed by atoms with van der Waals surface area (Å²) in [5.41, 5.74) is 0. The molecule has 0 amide bonds. The van der Waals surface area contributed by atoms with Crippen molar-refractivity contribution >= 4 is 20.1 Å². The van der Waals surface area contributed by atoms with E-state index in [1.54, 1.807) is 4.91 Å². The van der Waals surface area contributed by atoms with Gasteiger partial charge >= 0.3 is 0 Å². The van der Waals surface area contributed by atoms with Gasteiger partial charge in [0.25, 0.3) is 0 Å². The van der Waals surface area contributed by atoms with Gasteiger partial charge in [-0.15, -0.1) is 0 Å². The van der Waals surface area contributed by atoms with E-state index in [1.807, 2.05) is 0 Å². The van der Waals surface area contributed by atoms with Gasteiger partial charge in [-0.2, -0.15) is 0 Å². The fourth-order valence-electron chi connectivity index (χ4n) is 2.88. The minimum Gasteiger partial charge on any atom is -0.233 e. The molecular weight excluding hydrogens is 304 g/mol. The zero-order chi connectivity index (χ0) is 16.6. The summed E-state index contributed by atoms with van der Waals surface area (Å²) in [4.78, 5) is 1.57. The number of unbranched alkanes of at least 4 members (excludes halogenated alkanes) is 1. The smallest absolute Gasteiger partial charge is 0.0535 e. The van der Waals surface area contributed by atoms with E-state index in [1.165, 1.54) is 30.8 Å². The van der Waals surface area contributed by atoms with Gasteiger partial charge in [-0.1, -0.05) is 50.3 Å². The molecule has 0 bridgehead atoms. The summed E-state index contributed by atoms with van der Waals surface area (Å²) in [6.07, 6.45) is 23.1. The zero-order valence-corrected chi connectivity index (χ0v) is 17.2. The highest BCUT2D eigenvalue weighted by Crippen LogP contribution is 2.51. The van der Waals surface area contributed by atoms with Crippen molar-refractivity contribution in [2.45, 2.75) is 51.2 Å². The number of rotatable bonds is 7. The molecule has 1 aliphatic carbocycles. The molecule has 0 heterocycles. The van der Waals surface area contributed by atoms with E-state index in [0.29, 0.717) is 5.25 Å². The number of hydrogen-bond donors (Lipinski definition) is 0. The summed E-state index contributed by atoms with van der Waals surface area (Å²) in [7, 11) is -1.25. The Bertz CT molecular complexity index is 458. The molecule has 2 heteroatoms. The second-order valence-electron chi connectivity index (χ2n) is 7.18. The molecule has 0 N–H and O–H groups in total. The quantitative estimate of drug-likeness (QED) is 0.504. The van der Waals surface area contributed by atoms with Crippen LogP contribution in [0.15, 0.2) is 23.1 Å². The second-order valence-corrected chi connectivity index (χ2v) is 15.4. The van der Waals surface area contributed by atoms with Crippen molar-refractivity contribution in [3.05, 3.63) is 23.1 Å². The van der Waals surface area contributed by atoms with Gasteiger partial charge < -0.3 is 0 Å². The van der Waals surface area contributed by atoms with Crippen molar-refractivity contribution < 1.29 is 0 Å². The van der Waals surface area contributed by atoms with E-state index in [4.69, 9.17) is 0 Å². The highest BCUT2D eigenvalue weighted by atomic mass is 32.3. The molecule has 128 valence electrons. The zero-order valence-electron chi connectivity index (χ0n) is 15.6. The lowest BCUT2D eigenvalue weighted by Crippen LogP contribution is -2.17. The molecule has 0 saturated heterocycles. The van der Waals surface area contributed by atoms with Crippen LogP contribution >= 0.6 is 20.1 Å². The minimum absolute atomic E-state index is 0.574. The molecule has 0 spiro atoms. The lowest BCUT2D eigenvalue weighted by atomic mass is 10.3. The van der Waals surface area contributed by atoms with Gasteiger partial charge in [0, 0.05) is 6.42 Å². The summed E-state index contributed by atoms with van der Waals surface area (Å²) >= 11 is 0. The van der Waals surface area contributed by atoms with Crippen LogP contribution in [0, 0.1) is 11.8 Å². The van der Waals surface area contributed by atoms with Crippen LogP contribution in [0.25, 0.3) is 0 Å². The maximum atomic E-state index is 3.60. The summed E-state index contributed by atoms with van der Waals surface area (Å²) in [6, 6.07) is 0. The second kappa shape index (κ2) is 9.14. The van der Waals surface area contributed by atoms with Crippen molar-refractivity contribution in [3.8, 4) is 11.8 Å². The largest absolute Gasteiger partial charge is 0.233 e. The van der Waals surface area contributed by atoms with Crippen molar-refractivity contribution in [3.63, 3.8) is 0 Å². The molecule has 1 rings (SSSR count). The first-order chi connectivity index (χ1) is 10.3. The van der Waals surface area contributed by atoms with Gasteiger partial charge in [-0.25, -0.2) is 20.1 Å². The van der Waals surface area contributed by atoms with Gasteiger partial charge in [0.1, 0.15) is 0 Å². The number of hydrogen-bond acceptors (Lipinski definition) is 0. The van der Waals surface area contributed by atoms with E-state index < -0.39 is 20.1 Å². The van der Waals surface area contributed by atoms with E-state index in [0.717, 1.165) is 12.8 Å². The third kappa shape index (κ3) is 6.09. The lowest BCUT2D eigenvalue weighted by molar-refractivity contribution is 0.893. The topological polar surface area (TPSA) is 0 Å². The van der Waals surface area contributed by atoms with Crippen LogP contribution in [-0.4, -0.2) is 41.8 Å². The Hall–Kier alpha value is -0.260. The molecule has 0 nitrogen and oxygen atoms in total. The average Bonchev–Trinajstić information content (AvgIpc) is 2.57. The molecule has 0 aliphatic heterocycles. The third-order valence-electron chi connectivity index (χ3n) is 4.45. The van der Waals surface area contributed by atoms with Crippen molar-refractivity contribution in [1.29, 1.82) is 0 Å². The maximum absolute atomic E-state index is 3.60. The summed E-state index contributed by atoms with van der Waals surface area (Å²) in [6.45, 7) is 4.59. The minimum atomic E-state index is -0.651. The van der Waals surface area contributed by atoms with E-state index >= 15 is 0 Å². The summed E-state index contributed by atoms with van der Waals surface area (Å²) < 4.78 is 0. The summed E-state index contributed by atoms with van der Waals surface area (Å²) in [5, 5.41) is 0.574. The van der Waals surface area contributed by atoms with Crippen LogP contribution in [0.5, 0.6) is 0 Å². The molecule has 0 aromatic rings. The molecule has 0 aromatic carbocycles. The Kier molecular flexibility index (Phi) is 8.22. The van der Waals surface area contributed by atoms with Crippen LogP contribution in [0.4, 0.5) is 0 Å². The summed E-state index contributed by atoms with van der Waals surface area (Å²) in [5.74, 6) is 9.76. The van der Waals surface area contributed by atoms with Crippen LogP contribution in [-0.2, 0) is 0 Å². The average molecular weight is 341 g/mol.